The Labute approximate surface area is 159 Å². The molecular formula is C18H17F2N5O3. The van der Waals surface area contributed by atoms with Gasteiger partial charge in [-0.25, -0.2) is 23.7 Å². The maximum Gasteiger partial charge on any atom is 0.288 e. The van der Waals surface area contributed by atoms with Gasteiger partial charge in [0.25, 0.3) is 11.9 Å². The number of aromatic nitrogens is 2. The van der Waals surface area contributed by atoms with E-state index in [1.807, 2.05) is 0 Å². The molecule has 0 radical (unpaired) electrons. The van der Waals surface area contributed by atoms with Gasteiger partial charge in [-0.1, -0.05) is 0 Å². The summed E-state index contributed by atoms with van der Waals surface area (Å²) in [5.74, 6) is -0.749. The first-order chi connectivity index (χ1) is 13.4. The van der Waals surface area contributed by atoms with Gasteiger partial charge in [-0.05, 0) is 31.2 Å². The number of carbonyl (C=O) groups excluding carboxylic acids is 1. The van der Waals surface area contributed by atoms with Gasteiger partial charge >= 0.3 is 0 Å². The standard InChI is InChI=1S/C18H17F2N5O3/c1-10-6-18(9-19,25-17(21)28-10)12-5-11(3-4-13(12)20)24-16(26)14-7-23-15(27-2)8-22-14/h3-8H,9H2,1-2H3,(H2,21,25)(H,24,26)/t18-/m1/s1. The molecule has 3 N–H and O–H groups in total. The number of methoxy groups -OCH3 is 1. The van der Waals surface area contributed by atoms with E-state index in [1.54, 1.807) is 6.92 Å². The maximum absolute atomic E-state index is 14.5. The predicted molar refractivity (Wildman–Crippen MR) is 97.1 cm³/mol. The summed E-state index contributed by atoms with van der Waals surface area (Å²) in [5.41, 5.74) is 4.05. The minimum atomic E-state index is -1.68. The van der Waals surface area contributed by atoms with Crippen LogP contribution in [0.4, 0.5) is 14.5 Å². The van der Waals surface area contributed by atoms with Crippen molar-refractivity contribution in [3.8, 4) is 5.88 Å². The van der Waals surface area contributed by atoms with Crippen molar-refractivity contribution in [1.29, 1.82) is 0 Å². The number of amidine groups is 1. The van der Waals surface area contributed by atoms with Crippen LogP contribution in [0, 0.1) is 5.82 Å². The number of nitrogens with one attached hydrogen (secondary N) is 1. The van der Waals surface area contributed by atoms with Crippen molar-refractivity contribution in [2.24, 2.45) is 10.7 Å². The molecular weight excluding hydrogens is 372 g/mol. The SMILES string of the molecule is COc1cnc(C(=O)Nc2ccc(F)c([C@]3(CF)C=C(C)OC(N)=N3)c2)cn1. The lowest BCUT2D eigenvalue weighted by atomic mass is 9.89. The fourth-order valence-corrected chi connectivity index (χ4v) is 2.73. The molecule has 8 nitrogen and oxygen atoms in total. The Hall–Kier alpha value is -3.56. The number of aliphatic imine (C=N–C) groups is 1. The van der Waals surface area contributed by atoms with E-state index < -0.39 is 23.9 Å². The third kappa shape index (κ3) is 3.75. The van der Waals surface area contributed by atoms with Crippen LogP contribution in [0.3, 0.4) is 0 Å². The number of anilines is 1. The molecule has 28 heavy (non-hydrogen) atoms. The van der Waals surface area contributed by atoms with E-state index in [0.29, 0.717) is 0 Å². The molecule has 10 heteroatoms. The molecule has 146 valence electrons. The van der Waals surface area contributed by atoms with E-state index in [2.05, 4.69) is 20.3 Å². The monoisotopic (exact) mass is 389 g/mol. The minimum Gasteiger partial charge on any atom is -0.480 e. The molecule has 1 aromatic heterocycles. The summed E-state index contributed by atoms with van der Waals surface area (Å²) >= 11 is 0. The maximum atomic E-state index is 14.5. The summed E-state index contributed by atoms with van der Waals surface area (Å²) < 4.78 is 38.4. The number of nitrogens with two attached hydrogens (primary N) is 1. The van der Waals surface area contributed by atoms with Crippen LogP contribution < -0.4 is 15.8 Å². The Kier molecular flexibility index (Phi) is 5.21. The second-order valence-corrected chi connectivity index (χ2v) is 5.96. The number of hydrogen-bond acceptors (Lipinski definition) is 7. The highest BCUT2D eigenvalue weighted by Crippen LogP contribution is 2.35. The number of halogens is 2. The molecule has 2 aromatic rings. The summed E-state index contributed by atoms with van der Waals surface area (Å²) in [6.07, 6.45) is 3.86. The van der Waals surface area contributed by atoms with Crippen LogP contribution in [0.1, 0.15) is 23.0 Å². The zero-order valence-electron chi connectivity index (χ0n) is 15.1. The Morgan fingerprint density at radius 3 is 2.75 bits per heavy atom. The van der Waals surface area contributed by atoms with Crippen LogP contribution in [0.25, 0.3) is 0 Å². The summed E-state index contributed by atoms with van der Waals surface area (Å²) in [6, 6.07) is 3.45. The van der Waals surface area contributed by atoms with Crippen molar-refractivity contribution in [1.82, 2.24) is 9.97 Å². The van der Waals surface area contributed by atoms with E-state index in [1.165, 1.54) is 37.7 Å². The number of amides is 1. The first kappa shape index (κ1) is 19.2. The molecule has 1 amide bonds. The lowest BCUT2D eigenvalue weighted by Crippen LogP contribution is -2.34. The van der Waals surface area contributed by atoms with Gasteiger partial charge in [0, 0.05) is 11.3 Å². The van der Waals surface area contributed by atoms with Gasteiger partial charge in [0.2, 0.25) is 5.88 Å². The van der Waals surface area contributed by atoms with Gasteiger partial charge in [-0.15, -0.1) is 0 Å². The number of carbonyl (C=O) groups is 1. The second kappa shape index (κ2) is 7.59. The second-order valence-electron chi connectivity index (χ2n) is 5.96. The van der Waals surface area contributed by atoms with E-state index in [-0.39, 0.29) is 34.6 Å². The number of rotatable bonds is 5. The topological polar surface area (TPSA) is 112 Å². The number of hydrogen-bond donors (Lipinski definition) is 2. The Bertz CT molecular complexity index is 942. The fourth-order valence-electron chi connectivity index (χ4n) is 2.73. The molecule has 1 aromatic carbocycles. The van der Waals surface area contributed by atoms with Crippen molar-refractivity contribution in [3.05, 3.63) is 59.5 Å². The van der Waals surface area contributed by atoms with Crippen molar-refractivity contribution in [2.45, 2.75) is 12.5 Å². The van der Waals surface area contributed by atoms with Gasteiger partial charge in [0.05, 0.1) is 19.5 Å². The number of benzene rings is 1. The predicted octanol–water partition coefficient (Wildman–Crippen LogP) is 2.29. The number of ether oxygens (including phenoxy) is 2. The van der Waals surface area contributed by atoms with Crippen molar-refractivity contribution in [3.63, 3.8) is 0 Å². The molecule has 3 rings (SSSR count). The number of allylic oxidation sites excluding steroid dienone is 1. The molecule has 1 aliphatic rings. The zero-order chi connectivity index (χ0) is 20.3. The summed E-state index contributed by atoms with van der Waals surface area (Å²) in [5, 5.41) is 2.56. The third-order valence-corrected chi connectivity index (χ3v) is 3.98. The first-order valence-electron chi connectivity index (χ1n) is 8.13. The first-order valence-corrected chi connectivity index (χ1v) is 8.13. The summed E-state index contributed by atoms with van der Waals surface area (Å²) in [6.45, 7) is 0.504. The smallest absolute Gasteiger partial charge is 0.288 e. The molecule has 0 spiro atoms. The molecule has 1 atom stereocenters. The minimum absolute atomic E-state index is 0.0240. The Morgan fingerprint density at radius 1 is 1.36 bits per heavy atom. The normalized spacial score (nSPS) is 18.6. The molecule has 2 heterocycles. The Balaban J connectivity index is 1.93. The Morgan fingerprint density at radius 2 is 2.14 bits per heavy atom. The van der Waals surface area contributed by atoms with Crippen LogP contribution in [0.2, 0.25) is 0 Å². The molecule has 0 fully saturated rings. The van der Waals surface area contributed by atoms with E-state index >= 15 is 0 Å². The summed E-state index contributed by atoms with van der Waals surface area (Å²) in [4.78, 5) is 24.1. The van der Waals surface area contributed by atoms with Gasteiger partial charge in [-0.2, -0.15) is 0 Å². The highest BCUT2D eigenvalue weighted by Gasteiger charge is 2.36. The van der Waals surface area contributed by atoms with Crippen LogP contribution in [0.5, 0.6) is 5.88 Å². The van der Waals surface area contributed by atoms with Crippen molar-refractivity contribution >= 4 is 17.6 Å². The molecule has 1 aliphatic heterocycles. The summed E-state index contributed by atoms with van der Waals surface area (Å²) in [7, 11) is 1.42. The molecule has 0 aliphatic carbocycles. The van der Waals surface area contributed by atoms with Gasteiger partial charge in [0.15, 0.2) is 0 Å². The van der Waals surface area contributed by atoms with Crippen molar-refractivity contribution < 1.29 is 23.0 Å². The van der Waals surface area contributed by atoms with Gasteiger partial charge < -0.3 is 20.5 Å². The lowest BCUT2D eigenvalue weighted by Gasteiger charge is -2.29. The highest BCUT2D eigenvalue weighted by atomic mass is 19.1. The van der Waals surface area contributed by atoms with Gasteiger partial charge in [-0.3, -0.25) is 4.79 Å². The average molecular weight is 389 g/mol. The molecule has 0 saturated heterocycles. The average Bonchev–Trinajstić information content (AvgIpc) is 2.68. The quantitative estimate of drug-likeness (QED) is 0.812. The fraction of sp³-hybridized carbons (Fsp3) is 0.222. The number of alkyl halides is 1. The highest BCUT2D eigenvalue weighted by molar-refractivity contribution is 6.02. The number of nitrogens with zero attached hydrogens (tertiary/aromatic N) is 3. The zero-order valence-corrected chi connectivity index (χ0v) is 15.1. The van der Waals surface area contributed by atoms with Crippen LogP contribution in [0.15, 0.2) is 47.4 Å². The van der Waals surface area contributed by atoms with Crippen LogP contribution in [-0.4, -0.2) is 35.7 Å². The lowest BCUT2D eigenvalue weighted by molar-refractivity contribution is 0.102. The van der Waals surface area contributed by atoms with Crippen LogP contribution >= 0.6 is 0 Å². The van der Waals surface area contributed by atoms with Crippen molar-refractivity contribution in [2.75, 3.05) is 19.1 Å². The molecule has 0 bridgehead atoms. The van der Waals surface area contributed by atoms with Crippen LogP contribution in [-0.2, 0) is 10.3 Å². The largest absolute Gasteiger partial charge is 0.480 e. The molecule has 0 unspecified atom stereocenters. The van der Waals surface area contributed by atoms with Gasteiger partial charge in [0.1, 0.15) is 29.5 Å². The van der Waals surface area contributed by atoms with E-state index in [0.717, 1.165) is 6.07 Å². The molecule has 0 saturated carbocycles. The third-order valence-electron chi connectivity index (χ3n) is 3.98. The van der Waals surface area contributed by atoms with E-state index in [4.69, 9.17) is 15.2 Å². The van der Waals surface area contributed by atoms with E-state index in [9.17, 15) is 13.6 Å².